The number of nitriles is 1. The molecule has 0 spiro atoms. The van der Waals surface area contributed by atoms with Gasteiger partial charge in [0.15, 0.2) is 0 Å². The minimum absolute atomic E-state index is 0.108. The van der Waals surface area contributed by atoms with E-state index in [2.05, 4.69) is 5.32 Å². The van der Waals surface area contributed by atoms with E-state index in [1.54, 1.807) is 18.2 Å². The summed E-state index contributed by atoms with van der Waals surface area (Å²) in [7, 11) is 0. The lowest BCUT2D eigenvalue weighted by Crippen LogP contribution is -2.33. The first kappa shape index (κ1) is 18.7. The van der Waals surface area contributed by atoms with Crippen LogP contribution in [0.4, 0.5) is 23.2 Å². The van der Waals surface area contributed by atoms with Crippen molar-refractivity contribution < 1.29 is 22.4 Å². The first-order chi connectivity index (χ1) is 12.8. The highest BCUT2D eigenvalue weighted by Gasteiger charge is 2.37. The second-order valence-corrected chi connectivity index (χ2v) is 6.24. The third-order valence-corrected chi connectivity index (χ3v) is 4.37. The molecule has 1 N–H and O–H groups in total. The molecule has 1 fully saturated rings. The Morgan fingerprint density at radius 1 is 1.19 bits per heavy atom. The van der Waals surface area contributed by atoms with E-state index in [0.29, 0.717) is 13.0 Å². The van der Waals surface area contributed by atoms with Crippen LogP contribution < -0.4 is 5.32 Å². The van der Waals surface area contributed by atoms with Crippen LogP contribution in [-0.2, 0) is 17.5 Å². The second-order valence-electron chi connectivity index (χ2n) is 6.24. The first-order valence-electron chi connectivity index (χ1n) is 8.19. The maximum absolute atomic E-state index is 13.3. The molecular weight excluding hydrogens is 362 g/mol. The van der Waals surface area contributed by atoms with Gasteiger partial charge in [-0.2, -0.15) is 18.4 Å². The average molecular weight is 377 g/mol. The summed E-state index contributed by atoms with van der Waals surface area (Å²) in [6, 6.07) is 9.78. The van der Waals surface area contributed by atoms with Gasteiger partial charge in [0.05, 0.1) is 17.2 Å². The van der Waals surface area contributed by atoms with Crippen LogP contribution in [0.1, 0.15) is 23.1 Å². The van der Waals surface area contributed by atoms with Gasteiger partial charge in [0, 0.05) is 18.8 Å². The SMILES string of the molecule is N#Cc1ccc(NC2CCN(Cc3ccc(F)cc3)C2=O)c(C(F)(F)F)c1. The lowest BCUT2D eigenvalue weighted by molar-refractivity contribution is -0.137. The van der Waals surface area contributed by atoms with Crippen LogP contribution in [0.2, 0.25) is 0 Å². The van der Waals surface area contributed by atoms with Crippen LogP contribution >= 0.6 is 0 Å². The van der Waals surface area contributed by atoms with Gasteiger partial charge in [-0.15, -0.1) is 0 Å². The summed E-state index contributed by atoms with van der Waals surface area (Å²) in [5.74, 6) is -0.705. The van der Waals surface area contributed by atoms with Gasteiger partial charge >= 0.3 is 6.18 Å². The fourth-order valence-corrected chi connectivity index (χ4v) is 3.00. The van der Waals surface area contributed by atoms with Crippen LogP contribution in [0.25, 0.3) is 0 Å². The number of alkyl halides is 3. The van der Waals surface area contributed by atoms with Gasteiger partial charge in [0.1, 0.15) is 11.9 Å². The van der Waals surface area contributed by atoms with E-state index in [1.165, 1.54) is 23.1 Å². The number of benzene rings is 2. The molecule has 1 unspecified atom stereocenters. The number of nitrogens with one attached hydrogen (secondary N) is 1. The molecule has 1 amide bonds. The van der Waals surface area contributed by atoms with Crippen molar-refractivity contribution in [3.05, 3.63) is 65.0 Å². The minimum Gasteiger partial charge on any atom is -0.373 e. The lowest BCUT2D eigenvalue weighted by atomic mass is 10.1. The Labute approximate surface area is 153 Å². The van der Waals surface area contributed by atoms with E-state index < -0.39 is 17.8 Å². The van der Waals surface area contributed by atoms with Crippen molar-refractivity contribution in [2.45, 2.75) is 25.2 Å². The number of amides is 1. The van der Waals surface area contributed by atoms with Crippen molar-refractivity contribution in [3.63, 3.8) is 0 Å². The second kappa shape index (κ2) is 7.27. The van der Waals surface area contributed by atoms with E-state index in [9.17, 15) is 22.4 Å². The largest absolute Gasteiger partial charge is 0.418 e. The molecule has 0 aliphatic carbocycles. The molecule has 8 heteroatoms. The number of anilines is 1. The number of halogens is 4. The van der Waals surface area contributed by atoms with E-state index in [1.807, 2.05) is 0 Å². The van der Waals surface area contributed by atoms with Gasteiger partial charge in [-0.1, -0.05) is 12.1 Å². The summed E-state index contributed by atoms with van der Waals surface area (Å²) in [5, 5.41) is 11.5. The molecule has 140 valence electrons. The van der Waals surface area contributed by atoms with Crippen LogP contribution in [0, 0.1) is 17.1 Å². The Balaban J connectivity index is 1.75. The zero-order valence-electron chi connectivity index (χ0n) is 14.1. The zero-order chi connectivity index (χ0) is 19.6. The van der Waals surface area contributed by atoms with Crippen molar-refractivity contribution >= 4 is 11.6 Å². The van der Waals surface area contributed by atoms with Crippen LogP contribution in [-0.4, -0.2) is 23.4 Å². The quantitative estimate of drug-likeness (QED) is 0.822. The third kappa shape index (κ3) is 4.19. The molecule has 1 heterocycles. The molecule has 0 radical (unpaired) electrons. The smallest absolute Gasteiger partial charge is 0.373 e. The van der Waals surface area contributed by atoms with Crippen molar-refractivity contribution in [3.8, 4) is 6.07 Å². The first-order valence-corrected chi connectivity index (χ1v) is 8.19. The van der Waals surface area contributed by atoms with Crippen LogP contribution in [0.15, 0.2) is 42.5 Å². The van der Waals surface area contributed by atoms with Crippen molar-refractivity contribution in [2.24, 2.45) is 0 Å². The van der Waals surface area contributed by atoms with E-state index in [4.69, 9.17) is 5.26 Å². The molecule has 27 heavy (non-hydrogen) atoms. The summed E-state index contributed by atoms with van der Waals surface area (Å²) >= 11 is 0. The fourth-order valence-electron chi connectivity index (χ4n) is 3.00. The van der Waals surface area contributed by atoms with E-state index in [-0.39, 0.29) is 29.5 Å². The van der Waals surface area contributed by atoms with E-state index >= 15 is 0 Å². The molecule has 3 rings (SSSR count). The van der Waals surface area contributed by atoms with Gasteiger partial charge < -0.3 is 10.2 Å². The Morgan fingerprint density at radius 3 is 2.52 bits per heavy atom. The Hall–Kier alpha value is -3.08. The molecule has 4 nitrogen and oxygen atoms in total. The predicted molar refractivity (Wildman–Crippen MR) is 90.0 cm³/mol. The van der Waals surface area contributed by atoms with Crippen molar-refractivity contribution in [2.75, 3.05) is 11.9 Å². The molecule has 1 aliphatic heterocycles. The maximum atomic E-state index is 13.3. The number of likely N-dealkylation sites (tertiary alicyclic amines) is 1. The van der Waals surface area contributed by atoms with Gasteiger partial charge in [0.25, 0.3) is 0 Å². The summed E-state index contributed by atoms with van der Waals surface area (Å²) in [6.45, 7) is 0.641. The van der Waals surface area contributed by atoms with Gasteiger partial charge in [-0.25, -0.2) is 4.39 Å². The molecule has 2 aromatic rings. The normalized spacial score (nSPS) is 17.1. The van der Waals surface area contributed by atoms with Crippen molar-refractivity contribution in [1.82, 2.24) is 4.90 Å². The number of rotatable bonds is 4. The summed E-state index contributed by atoms with van der Waals surface area (Å²) in [4.78, 5) is 14.0. The number of hydrogen-bond donors (Lipinski definition) is 1. The molecule has 0 aromatic heterocycles. The molecule has 0 bridgehead atoms. The molecule has 1 atom stereocenters. The monoisotopic (exact) mass is 377 g/mol. The molecule has 2 aromatic carbocycles. The summed E-state index contributed by atoms with van der Waals surface area (Å²) in [6.07, 6.45) is -4.30. The number of carbonyl (C=O) groups is 1. The average Bonchev–Trinajstić information content (AvgIpc) is 2.96. The fraction of sp³-hybridized carbons (Fsp3) is 0.263. The number of nitrogens with zero attached hydrogens (tertiary/aromatic N) is 2. The molecule has 1 saturated heterocycles. The van der Waals surface area contributed by atoms with Crippen molar-refractivity contribution in [1.29, 1.82) is 5.26 Å². The van der Waals surface area contributed by atoms with Gasteiger partial charge in [0.2, 0.25) is 5.91 Å². The maximum Gasteiger partial charge on any atom is 0.418 e. The number of hydrogen-bond acceptors (Lipinski definition) is 3. The Morgan fingerprint density at radius 2 is 1.89 bits per heavy atom. The highest BCUT2D eigenvalue weighted by atomic mass is 19.4. The van der Waals surface area contributed by atoms with Gasteiger partial charge in [-0.05, 0) is 42.3 Å². The van der Waals surface area contributed by atoms with Crippen LogP contribution in [0.5, 0.6) is 0 Å². The molecule has 0 saturated carbocycles. The summed E-state index contributed by atoms with van der Waals surface area (Å²) in [5.41, 5.74) is -0.585. The Bertz CT molecular complexity index is 887. The number of carbonyl (C=O) groups excluding carboxylic acids is 1. The lowest BCUT2D eigenvalue weighted by Gasteiger charge is -2.20. The highest BCUT2D eigenvalue weighted by molar-refractivity contribution is 5.87. The standard InChI is InChI=1S/C19H15F4N3O/c20-14-4-1-12(2-5-14)11-26-8-7-17(18(26)27)25-16-6-3-13(10-24)9-15(16)19(21,22)23/h1-6,9,17,25H,7-8,11H2. The topological polar surface area (TPSA) is 56.1 Å². The Kier molecular flexibility index (Phi) is 5.04. The third-order valence-electron chi connectivity index (χ3n) is 4.37. The van der Waals surface area contributed by atoms with Crippen LogP contribution in [0.3, 0.4) is 0 Å². The minimum atomic E-state index is -4.65. The van der Waals surface area contributed by atoms with Gasteiger partial charge in [-0.3, -0.25) is 4.79 Å². The summed E-state index contributed by atoms with van der Waals surface area (Å²) < 4.78 is 52.7. The highest BCUT2D eigenvalue weighted by Crippen LogP contribution is 2.36. The predicted octanol–water partition coefficient (Wildman–Crippen LogP) is 3.93. The van der Waals surface area contributed by atoms with E-state index in [0.717, 1.165) is 17.7 Å². The zero-order valence-corrected chi connectivity index (χ0v) is 14.1. The molecule has 1 aliphatic rings. The molecular formula is C19H15F4N3O.